The first-order valence-electron chi connectivity index (χ1n) is 6.69. The molecule has 0 amide bonds. The summed E-state index contributed by atoms with van der Waals surface area (Å²) in [4.78, 5) is 12.6. The Balaban J connectivity index is 1.90. The number of nitrogens with zero attached hydrogens (tertiary/aromatic N) is 4. The number of aliphatic hydroxyl groups excluding tert-OH is 3. The van der Waals surface area contributed by atoms with Gasteiger partial charge in [-0.1, -0.05) is 0 Å². The Bertz CT molecular complexity index is 798. The fraction of sp³-hybridized carbons (Fsp3) is 0.462. The Kier molecular flexibility index (Phi) is 2.15. The predicted octanol–water partition coefficient (Wildman–Crippen LogP) is 0.598. The number of aryl methyl sites for hydroxylation is 1. The third kappa shape index (κ3) is 1.35. The summed E-state index contributed by atoms with van der Waals surface area (Å²) in [5.41, 5.74) is 6.11. The smallest absolute Gasteiger partial charge is 0.166 e. The van der Waals surface area contributed by atoms with Crippen molar-refractivity contribution in [2.45, 2.75) is 19.4 Å². The molecular formula is C13H15N5O3. The molecule has 0 aromatic carbocycles. The number of hydrogen-bond acceptors (Lipinski definition) is 7. The van der Waals surface area contributed by atoms with Crippen LogP contribution in [0.3, 0.4) is 0 Å². The molecule has 2 aromatic rings. The van der Waals surface area contributed by atoms with Crippen molar-refractivity contribution in [2.75, 3.05) is 12.3 Å². The van der Waals surface area contributed by atoms with Crippen LogP contribution in [0.4, 0.5) is 5.82 Å². The van der Waals surface area contributed by atoms with Crippen LogP contribution in [0.2, 0.25) is 0 Å². The highest BCUT2D eigenvalue weighted by atomic mass is 16.3. The van der Waals surface area contributed by atoms with Crippen LogP contribution in [0.1, 0.15) is 18.3 Å². The summed E-state index contributed by atoms with van der Waals surface area (Å²) in [5, 5.41) is 29.8. The minimum absolute atomic E-state index is 0.0589. The normalized spacial score (nSPS) is 31.0. The number of nitrogens with two attached hydrogens (primary N) is 1. The lowest BCUT2D eigenvalue weighted by molar-refractivity contribution is 0.180. The number of allylic oxidation sites excluding steroid dienone is 1. The second-order valence-corrected chi connectivity index (χ2v) is 5.78. The number of aliphatic hydroxyl groups is 3. The molecule has 8 heteroatoms. The van der Waals surface area contributed by atoms with E-state index in [-0.39, 0.29) is 29.9 Å². The van der Waals surface area contributed by atoms with Crippen LogP contribution < -0.4 is 5.73 Å². The molecule has 2 aliphatic rings. The summed E-state index contributed by atoms with van der Waals surface area (Å²) in [6.07, 6.45) is 2.17. The molecule has 0 aliphatic heterocycles. The third-order valence-corrected chi connectivity index (χ3v) is 4.65. The van der Waals surface area contributed by atoms with Gasteiger partial charge in [0.25, 0.3) is 0 Å². The minimum Gasteiger partial charge on any atom is -0.508 e. The summed E-state index contributed by atoms with van der Waals surface area (Å²) in [5.74, 6) is 0.481. The highest BCUT2D eigenvalue weighted by Crippen LogP contribution is 2.68. The maximum atomic E-state index is 10.2. The second kappa shape index (κ2) is 3.64. The van der Waals surface area contributed by atoms with E-state index in [1.807, 2.05) is 0 Å². The molecule has 0 bridgehead atoms. The molecule has 3 atom stereocenters. The van der Waals surface area contributed by atoms with Crippen LogP contribution in [0, 0.1) is 18.3 Å². The maximum absolute atomic E-state index is 10.2. The van der Waals surface area contributed by atoms with E-state index in [2.05, 4.69) is 15.0 Å². The lowest BCUT2D eigenvalue weighted by atomic mass is 10.1. The van der Waals surface area contributed by atoms with E-state index in [0.717, 1.165) is 0 Å². The largest absolute Gasteiger partial charge is 0.508 e. The van der Waals surface area contributed by atoms with E-state index < -0.39 is 11.5 Å². The SMILES string of the molecule is Cc1nc(N)c2ncn([C@H]3C(O)=C(O)[C@]4(CO)C[C@H]34)c2n1. The Hall–Kier alpha value is -2.35. The van der Waals surface area contributed by atoms with Gasteiger partial charge in [0.05, 0.1) is 18.3 Å². The number of imidazole rings is 1. The molecule has 0 radical (unpaired) electrons. The molecule has 0 spiro atoms. The van der Waals surface area contributed by atoms with Crippen molar-refractivity contribution in [2.24, 2.45) is 11.3 Å². The number of nitrogen functional groups attached to an aromatic ring is 1. The zero-order chi connectivity index (χ0) is 14.9. The van der Waals surface area contributed by atoms with Gasteiger partial charge in [-0.2, -0.15) is 0 Å². The van der Waals surface area contributed by atoms with Crippen LogP contribution in [-0.4, -0.2) is 41.4 Å². The van der Waals surface area contributed by atoms with Gasteiger partial charge in [-0.15, -0.1) is 0 Å². The van der Waals surface area contributed by atoms with Crippen molar-refractivity contribution in [1.29, 1.82) is 0 Å². The van der Waals surface area contributed by atoms with Gasteiger partial charge in [0.1, 0.15) is 23.1 Å². The summed E-state index contributed by atoms with van der Waals surface area (Å²) in [6, 6.07) is -0.476. The first-order valence-corrected chi connectivity index (χ1v) is 6.69. The van der Waals surface area contributed by atoms with Gasteiger partial charge in [-0.3, -0.25) is 0 Å². The summed E-state index contributed by atoms with van der Waals surface area (Å²) >= 11 is 0. The Morgan fingerprint density at radius 3 is 2.86 bits per heavy atom. The molecule has 5 N–H and O–H groups in total. The monoisotopic (exact) mass is 289 g/mol. The Morgan fingerprint density at radius 2 is 2.19 bits per heavy atom. The zero-order valence-corrected chi connectivity index (χ0v) is 11.4. The van der Waals surface area contributed by atoms with Crippen molar-refractivity contribution in [1.82, 2.24) is 19.5 Å². The van der Waals surface area contributed by atoms with Crippen LogP contribution >= 0.6 is 0 Å². The van der Waals surface area contributed by atoms with E-state index in [1.54, 1.807) is 11.5 Å². The molecule has 110 valence electrons. The molecule has 0 saturated heterocycles. The minimum atomic E-state index is -0.709. The fourth-order valence-corrected chi connectivity index (χ4v) is 3.44. The topological polar surface area (TPSA) is 130 Å². The van der Waals surface area contributed by atoms with Gasteiger partial charge in [-0.25, -0.2) is 15.0 Å². The molecule has 2 heterocycles. The van der Waals surface area contributed by atoms with E-state index in [4.69, 9.17) is 5.73 Å². The lowest BCUT2D eigenvalue weighted by Crippen LogP contribution is -2.13. The number of anilines is 1. The zero-order valence-electron chi connectivity index (χ0n) is 11.4. The van der Waals surface area contributed by atoms with E-state index in [0.29, 0.717) is 23.4 Å². The molecule has 2 aliphatic carbocycles. The number of rotatable bonds is 2. The standard InChI is InChI=1S/C13H15N5O3/c1-5-16-11(14)7-12(17-5)18(4-15-7)8-6-2-13(6,3-19)10(21)9(8)20/h4,6,8,19-21H,2-3H2,1H3,(H2,14,16,17)/t6-,8-,13+/m1/s1. The van der Waals surface area contributed by atoms with Crippen molar-refractivity contribution in [3.8, 4) is 0 Å². The average Bonchev–Trinajstić information content (AvgIpc) is 2.97. The molecule has 1 fully saturated rings. The summed E-state index contributed by atoms with van der Waals surface area (Å²) in [7, 11) is 0. The number of aromatic nitrogens is 4. The summed E-state index contributed by atoms with van der Waals surface area (Å²) in [6.45, 7) is 1.54. The molecule has 0 unspecified atom stereocenters. The molecule has 1 saturated carbocycles. The van der Waals surface area contributed by atoms with Crippen LogP contribution in [0.25, 0.3) is 11.2 Å². The molecular weight excluding hydrogens is 274 g/mol. The van der Waals surface area contributed by atoms with Gasteiger partial charge in [-0.05, 0) is 13.3 Å². The van der Waals surface area contributed by atoms with Crippen molar-refractivity contribution in [3.63, 3.8) is 0 Å². The molecule has 4 rings (SSSR count). The van der Waals surface area contributed by atoms with Gasteiger partial charge in [0.15, 0.2) is 17.2 Å². The van der Waals surface area contributed by atoms with Crippen molar-refractivity contribution in [3.05, 3.63) is 23.7 Å². The van der Waals surface area contributed by atoms with Crippen LogP contribution in [0.15, 0.2) is 17.8 Å². The number of fused-ring (bicyclic) bond motifs is 2. The first kappa shape index (κ1) is 12.4. The van der Waals surface area contributed by atoms with Gasteiger partial charge >= 0.3 is 0 Å². The average molecular weight is 289 g/mol. The third-order valence-electron chi connectivity index (χ3n) is 4.65. The maximum Gasteiger partial charge on any atom is 0.166 e. The quantitative estimate of drug-likeness (QED) is 0.636. The summed E-state index contributed by atoms with van der Waals surface area (Å²) < 4.78 is 1.70. The fourth-order valence-electron chi connectivity index (χ4n) is 3.44. The highest BCUT2D eigenvalue weighted by molar-refractivity contribution is 5.81. The first-order chi connectivity index (χ1) is 9.99. The Labute approximate surface area is 119 Å². The van der Waals surface area contributed by atoms with Crippen molar-refractivity contribution < 1.29 is 15.3 Å². The van der Waals surface area contributed by atoms with E-state index >= 15 is 0 Å². The lowest BCUT2D eigenvalue weighted by Gasteiger charge is -2.15. The number of hydrogen-bond donors (Lipinski definition) is 4. The van der Waals surface area contributed by atoms with E-state index in [9.17, 15) is 15.3 Å². The van der Waals surface area contributed by atoms with Crippen molar-refractivity contribution >= 4 is 17.0 Å². The molecule has 8 nitrogen and oxygen atoms in total. The molecule has 21 heavy (non-hydrogen) atoms. The van der Waals surface area contributed by atoms with Gasteiger partial charge in [0.2, 0.25) is 0 Å². The second-order valence-electron chi connectivity index (χ2n) is 5.78. The van der Waals surface area contributed by atoms with Crippen LogP contribution in [-0.2, 0) is 0 Å². The molecule has 2 aromatic heterocycles. The van der Waals surface area contributed by atoms with Crippen LogP contribution in [0.5, 0.6) is 0 Å². The van der Waals surface area contributed by atoms with Gasteiger partial charge < -0.3 is 25.6 Å². The Morgan fingerprint density at radius 1 is 1.43 bits per heavy atom. The van der Waals surface area contributed by atoms with Gasteiger partial charge in [0, 0.05) is 5.92 Å². The van der Waals surface area contributed by atoms with E-state index in [1.165, 1.54) is 6.33 Å². The predicted molar refractivity (Wildman–Crippen MR) is 73.4 cm³/mol. The highest BCUT2D eigenvalue weighted by Gasteiger charge is 2.68.